The van der Waals surface area contributed by atoms with E-state index in [4.69, 9.17) is 14.2 Å². The largest absolute Gasteiger partial charge is 0.376 e. The second kappa shape index (κ2) is 8.86. The van der Waals surface area contributed by atoms with Crippen LogP contribution in [0, 0.1) is 0 Å². The number of nitrogens with one attached hydrogen (secondary N) is 1. The lowest BCUT2D eigenvalue weighted by Crippen LogP contribution is -2.52. The van der Waals surface area contributed by atoms with Crippen LogP contribution in [0.25, 0.3) is 10.9 Å². The number of piperidine rings is 1. The lowest BCUT2D eigenvalue weighted by Gasteiger charge is -2.46. The fourth-order valence-electron chi connectivity index (χ4n) is 4.53. The Morgan fingerprint density at radius 2 is 2.10 bits per heavy atom. The van der Waals surface area contributed by atoms with Gasteiger partial charge >= 0.3 is 0 Å². The lowest BCUT2D eigenvalue weighted by atomic mass is 9.83. The van der Waals surface area contributed by atoms with E-state index in [9.17, 15) is 4.79 Å². The summed E-state index contributed by atoms with van der Waals surface area (Å²) in [6.07, 6.45) is 5.91. The van der Waals surface area contributed by atoms with Gasteiger partial charge < -0.3 is 24.1 Å². The third kappa shape index (κ3) is 4.65. The molecular formula is C23H32N2O4. The zero-order chi connectivity index (χ0) is 20.3. The molecule has 158 valence electrons. The number of fused-ring (bicyclic) bond motifs is 1. The monoisotopic (exact) mass is 400 g/mol. The van der Waals surface area contributed by atoms with E-state index in [1.165, 1.54) is 0 Å². The summed E-state index contributed by atoms with van der Waals surface area (Å²) in [5.41, 5.74) is 1.62. The number of hydrogen-bond acceptors (Lipinski definition) is 4. The molecule has 6 heteroatoms. The zero-order valence-corrected chi connectivity index (χ0v) is 17.5. The summed E-state index contributed by atoms with van der Waals surface area (Å²) in [4.78, 5) is 18.3. The average Bonchev–Trinajstić information content (AvgIpc) is 3.20. The number of hydrogen-bond donors (Lipinski definition) is 1. The highest BCUT2D eigenvalue weighted by atomic mass is 16.5. The van der Waals surface area contributed by atoms with E-state index in [0.717, 1.165) is 61.8 Å². The number of carbonyl (C=O) groups is 1. The summed E-state index contributed by atoms with van der Waals surface area (Å²) >= 11 is 0. The van der Waals surface area contributed by atoms with Crippen LogP contribution in [0.15, 0.2) is 30.5 Å². The average molecular weight is 401 g/mol. The van der Waals surface area contributed by atoms with Crippen molar-refractivity contribution in [2.24, 2.45) is 0 Å². The highest BCUT2D eigenvalue weighted by Crippen LogP contribution is 2.36. The van der Waals surface area contributed by atoms with Crippen molar-refractivity contribution in [3.63, 3.8) is 0 Å². The van der Waals surface area contributed by atoms with Crippen LogP contribution in [0.1, 0.15) is 49.9 Å². The molecule has 1 amide bonds. The van der Waals surface area contributed by atoms with Gasteiger partial charge in [0.1, 0.15) is 0 Å². The third-order valence-corrected chi connectivity index (χ3v) is 6.12. The number of benzene rings is 1. The smallest absolute Gasteiger partial charge is 0.254 e. The molecule has 29 heavy (non-hydrogen) atoms. The Bertz CT molecular complexity index is 823. The van der Waals surface area contributed by atoms with Crippen molar-refractivity contribution in [2.45, 2.75) is 57.3 Å². The summed E-state index contributed by atoms with van der Waals surface area (Å²) in [7, 11) is 0. The molecule has 1 aromatic carbocycles. The molecular weight excluding hydrogens is 368 g/mol. The van der Waals surface area contributed by atoms with E-state index < -0.39 is 0 Å². The Balaban J connectivity index is 1.32. The zero-order valence-electron chi connectivity index (χ0n) is 17.5. The van der Waals surface area contributed by atoms with Crippen LogP contribution >= 0.6 is 0 Å². The molecule has 2 aromatic rings. The molecule has 6 nitrogen and oxygen atoms in total. The number of likely N-dealkylation sites (tertiary alicyclic amines) is 1. The van der Waals surface area contributed by atoms with Gasteiger partial charge in [-0.2, -0.15) is 0 Å². The normalized spacial score (nSPS) is 21.9. The molecule has 2 saturated heterocycles. The van der Waals surface area contributed by atoms with Gasteiger partial charge in [0, 0.05) is 48.8 Å². The Hall–Kier alpha value is -1.89. The molecule has 1 unspecified atom stereocenters. The number of carbonyl (C=O) groups excluding carboxylic acids is 1. The van der Waals surface area contributed by atoms with E-state index in [2.05, 4.69) is 4.98 Å². The summed E-state index contributed by atoms with van der Waals surface area (Å²) < 4.78 is 17.8. The molecule has 0 saturated carbocycles. The minimum absolute atomic E-state index is 0.111. The molecule has 1 N–H and O–H groups in total. The highest BCUT2D eigenvalue weighted by Gasteiger charge is 2.41. The summed E-state index contributed by atoms with van der Waals surface area (Å²) in [6, 6.07) is 7.83. The first-order chi connectivity index (χ1) is 14.1. The van der Waals surface area contributed by atoms with Crippen LogP contribution in [0.5, 0.6) is 0 Å². The van der Waals surface area contributed by atoms with E-state index in [1.54, 1.807) is 0 Å². The molecule has 0 bridgehead atoms. The van der Waals surface area contributed by atoms with Crippen molar-refractivity contribution >= 4 is 16.8 Å². The maximum Gasteiger partial charge on any atom is 0.254 e. The Labute approximate surface area is 172 Å². The Morgan fingerprint density at radius 3 is 2.90 bits per heavy atom. The van der Waals surface area contributed by atoms with Crippen LogP contribution in [0.4, 0.5) is 0 Å². The van der Waals surface area contributed by atoms with Crippen LogP contribution in [0.3, 0.4) is 0 Å². The van der Waals surface area contributed by atoms with Crippen molar-refractivity contribution in [1.29, 1.82) is 0 Å². The van der Waals surface area contributed by atoms with Crippen molar-refractivity contribution in [3.8, 4) is 0 Å². The molecule has 2 fully saturated rings. The van der Waals surface area contributed by atoms with Gasteiger partial charge in [0.15, 0.2) is 0 Å². The number of nitrogens with zero attached hydrogens (tertiary/aromatic N) is 1. The van der Waals surface area contributed by atoms with Gasteiger partial charge in [-0.15, -0.1) is 0 Å². The van der Waals surface area contributed by atoms with E-state index >= 15 is 0 Å². The van der Waals surface area contributed by atoms with Gasteiger partial charge in [-0.1, -0.05) is 6.07 Å². The summed E-state index contributed by atoms with van der Waals surface area (Å²) in [6.45, 7) is 7.52. The lowest BCUT2D eigenvalue weighted by molar-refractivity contribution is -0.156. The van der Waals surface area contributed by atoms with Crippen LogP contribution in [-0.4, -0.2) is 66.5 Å². The molecule has 2 aliphatic rings. The van der Waals surface area contributed by atoms with Crippen molar-refractivity contribution in [1.82, 2.24) is 9.88 Å². The Kier molecular flexibility index (Phi) is 6.23. The van der Waals surface area contributed by atoms with E-state index in [1.807, 2.05) is 49.2 Å². The van der Waals surface area contributed by atoms with Gasteiger partial charge in [0.2, 0.25) is 0 Å². The SMILES string of the molecule is CC(C)OCCOC1CCOC2(CCN(C(=O)c3cccc4[nH]ccc34)CC2)C1. The third-order valence-electron chi connectivity index (χ3n) is 6.12. The van der Waals surface area contributed by atoms with Gasteiger partial charge in [-0.3, -0.25) is 4.79 Å². The van der Waals surface area contributed by atoms with Crippen molar-refractivity contribution in [2.75, 3.05) is 32.9 Å². The first kappa shape index (κ1) is 20.4. The summed E-state index contributed by atoms with van der Waals surface area (Å²) in [5.74, 6) is 0.111. The Morgan fingerprint density at radius 1 is 1.28 bits per heavy atom. The molecule has 1 spiro atoms. The second-order valence-corrected chi connectivity index (χ2v) is 8.47. The molecule has 0 aliphatic carbocycles. The maximum atomic E-state index is 13.1. The van der Waals surface area contributed by atoms with Gasteiger partial charge in [0.25, 0.3) is 5.91 Å². The number of ether oxygens (including phenoxy) is 3. The quantitative estimate of drug-likeness (QED) is 0.750. The van der Waals surface area contributed by atoms with Gasteiger partial charge in [-0.25, -0.2) is 0 Å². The van der Waals surface area contributed by atoms with Crippen LogP contribution in [0.2, 0.25) is 0 Å². The minimum atomic E-state index is -0.154. The molecule has 3 heterocycles. The first-order valence-corrected chi connectivity index (χ1v) is 10.8. The molecule has 4 rings (SSSR count). The van der Waals surface area contributed by atoms with E-state index in [0.29, 0.717) is 13.2 Å². The first-order valence-electron chi connectivity index (χ1n) is 10.8. The number of H-pyrrole nitrogens is 1. The highest BCUT2D eigenvalue weighted by molar-refractivity contribution is 6.06. The fraction of sp³-hybridized carbons (Fsp3) is 0.609. The van der Waals surface area contributed by atoms with Crippen molar-refractivity contribution in [3.05, 3.63) is 36.0 Å². The predicted octanol–water partition coefficient (Wildman–Crippen LogP) is 3.76. The second-order valence-electron chi connectivity index (χ2n) is 8.47. The van der Waals surface area contributed by atoms with Crippen LogP contribution < -0.4 is 0 Å². The number of aromatic amines is 1. The minimum Gasteiger partial charge on any atom is -0.376 e. The van der Waals surface area contributed by atoms with Gasteiger partial charge in [-0.05, 0) is 51.3 Å². The number of amides is 1. The number of aromatic nitrogens is 1. The maximum absolute atomic E-state index is 13.1. The molecule has 0 radical (unpaired) electrons. The topological polar surface area (TPSA) is 63.8 Å². The van der Waals surface area contributed by atoms with E-state index in [-0.39, 0.29) is 23.7 Å². The predicted molar refractivity (Wildman–Crippen MR) is 112 cm³/mol. The van der Waals surface area contributed by atoms with Crippen molar-refractivity contribution < 1.29 is 19.0 Å². The standard InChI is InChI=1S/C23H32N2O4/c1-17(2)27-14-15-28-18-7-13-29-23(16-18)8-11-25(12-9-23)22(26)20-4-3-5-21-19(20)6-10-24-21/h3-6,10,17-18,24H,7-9,11-16H2,1-2H3. The summed E-state index contributed by atoms with van der Waals surface area (Å²) in [5, 5.41) is 0.990. The number of rotatable bonds is 6. The van der Waals surface area contributed by atoms with Crippen LogP contribution in [-0.2, 0) is 14.2 Å². The van der Waals surface area contributed by atoms with Gasteiger partial charge in [0.05, 0.1) is 31.0 Å². The molecule has 1 atom stereocenters. The molecule has 2 aliphatic heterocycles. The fourth-order valence-corrected chi connectivity index (χ4v) is 4.53. The molecule has 1 aromatic heterocycles.